The molecule has 4 atom stereocenters. The van der Waals surface area contributed by atoms with Crippen molar-refractivity contribution in [3.05, 3.63) is 107 Å². The van der Waals surface area contributed by atoms with Crippen LogP contribution in [0.15, 0.2) is 85.1 Å². The van der Waals surface area contributed by atoms with Gasteiger partial charge in [-0.05, 0) is 72.9 Å². The average molecular weight is 706 g/mol. The standard InChI is InChI=1S/C39H40FN5O5Si/c1-24-36(51(3,4)40)34(16-18-43-23-27(17-19-46)41-42-43)50-39(24)31-21-29(49-2)14-15-32(31)44(38(39)48)22-25-8-5-11-28(20-25)45-33-13-7-10-26-9-6-12-30(35(26)33)37(45)47/h5-15,20-21,23-24,34,36,46H,16-19,22H2,1-4H3/t24-,34+,36-,39+/m0/s1. The minimum absolute atomic E-state index is 0.0267. The molecular weight excluding hydrogens is 666 g/mol. The molecule has 8 rings (SSSR count). The van der Waals surface area contributed by atoms with E-state index in [4.69, 9.17) is 9.47 Å². The third-order valence-corrected chi connectivity index (χ3v) is 13.3. The molecule has 0 bridgehead atoms. The number of aliphatic hydroxyl groups excluding tert-OH is 1. The normalized spacial score (nSPS) is 22.5. The van der Waals surface area contributed by atoms with Crippen molar-refractivity contribution in [2.45, 2.75) is 63.2 Å². The highest BCUT2D eigenvalue weighted by molar-refractivity contribution is 6.72. The number of carbonyl (C=O) groups excluding carboxylic acids is 2. The maximum Gasteiger partial charge on any atom is 0.264 e. The van der Waals surface area contributed by atoms with Crippen molar-refractivity contribution < 1.29 is 28.3 Å². The van der Waals surface area contributed by atoms with Gasteiger partial charge in [0.05, 0.1) is 42.4 Å². The van der Waals surface area contributed by atoms with Crippen molar-refractivity contribution >= 4 is 48.1 Å². The van der Waals surface area contributed by atoms with Crippen molar-refractivity contribution in [1.82, 2.24) is 15.0 Å². The number of hydrogen-bond donors (Lipinski definition) is 1. The molecular formula is C39H40FN5O5Si. The van der Waals surface area contributed by atoms with E-state index in [0.29, 0.717) is 53.3 Å². The van der Waals surface area contributed by atoms with Crippen LogP contribution in [0.25, 0.3) is 10.8 Å². The molecule has 1 spiro atoms. The predicted octanol–water partition coefficient (Wildman–Crippen LogP) is 6.68. The molecule has 3 aliphatic rings. The van der Waals surface area contributed by atoms with E-state index in [1.54, 1.807) is 40.9 Å². The van der Waals surface area contributed by atoms with Crippen molar-refractivity contribution in [1.29, 1.82) is 0 Å². The zero-order valence-electron chi connectivity index (χ0n) is 29.0. The van der Waals surface area contributed by atoms with Gasteiger partial charge in [-0.1, -0.05) is 48.5 Å². The van der Waals surface area contributed by atoms with Crippen molar-refractivity contribution in [2.75, 3.05) is 23.5 Å². The topological polar surface area (TPSA) is 110 Å². The van der Waals surface area contributed by atoms with Crippen molar-refractivity contribution in [3.63, 3.8) is 0 Å². The molecule has 2 amide bonds. The van der Waals surface area contributed by atoms with Crippen LogP contribution in [-0.4, -0.2) is 60.1 Å². The number of aromatic nitrogens is 3. The van der Waals surface area contributed by atoms with Crippen LogP contribution in [-0.2, 0) is 34.6 Å². The second-order valence-electron chi connectivity index (χ2n) is 14.3. The molecule has 1 aromatic heterocycles. The molecule has 3 aliphatic heterocycles. The molecule has 1 N–H and O–H groups in total. The second-order valence-corrected chi connectivity index (χ2v) is 18.1. The fourth-order valence-corrected chi connectivity index (χ4v) is 11.2. The Balaban J connectivity index is 1.13. The van der Waals surface area contributed by atoms with Gasteiger partial charge in [-0.3, -0.25) is 19.2 Å². The summed E-state index contributed by atoms with van der Waals surface area (Å²) >= 11 is 0. The van der Waals surface area contributed by atoms with Crippen LogP contribution in [0.2, 0.25) is 18.6 Å². The smallest absolute Gasteiger partial charge is 0.264 e. The van der Waals surface area contributed by atoms with Gasteiger partial charge in [-0.25, -0.2) is 0 Å². The molecule has 51 heavy (non-hydrogen) atoms. The summed E-state index contributed by atoms with van der Waals surface area (Å²) in [5.41, 5.74) is 3.18. The first kappa shape index (κ1) is 33.2. The summed E-state index contributed by atoms with van der Waals surface area (Å²) in [5.74, 6) is -0.218. The molecule has 4 heterocycles. The Kier molecular flexibility index (Phi) is 8.08. The fourth-order valence-electron chi connectivity index (χ4n) is 8.67. The second kappa shape index (κ2) is 12.4. The molecule has 262 valence electrons. The largest absolute Gasteiger partial charge is 0.497 e. The summed E-state index contributed by atoms with van der Waals surface area (Å²) < 4.78 is 30.6. The lowest BCUT2D eigenvalue weighted by Gasteiger charge is -2.31. The highest BCUT2D eigenvalue weighted by atomic mass is 28.4. The van der Waals surface area contributed by atoms with Crippen LogP contribution in [0, 0.1) is 5.92 Å². The molecule has 5 aromatic rings. The number of rotatable bonds is 10. The highest BCUT2D eigenvalue weighted by Gasteiger charge is 2.66. The lowest BCUT2D eigenvalue weighted by molar-refractivity contribution is -0.146. The Hall–Kier alpha value is -4.91. The van der Waals surface area contributed by atoms with Gasteiger partial charge in [-0.2, -0.15) is 0 Å². The Morgan fingerprint density at radius 3 is 2.57 bits per heavy atom. The van der Waals surface area contributed by atoms with Crippen LogP contribution in [0.3, 0.4) is 0 Å². The molecule has 0 saturated carbocycles. The number of methoxy groups -OCH3 is 1. The van der Waals surface area contributed by atoms with Crippen molar-refractivity contribution in [2.24, 2.45) is 5.92 Å². The van der Waals surface area contributed by atoms with Crippen molar-refractivity contribution in [3.8, 4) is 5.75 Å². The van der Waals surface area contributed by atoms with E-state index in [1.807, 2.05) is 85.8 Å². The van der Waals surface area contributed by atoms with Crippen LogP contribution in [0.1, 0.15) is 40.5 Å². The fraction of sp³-hybridized carbons (Fsp3) is 0.333. The van der Waals surface area contributed by atoms with E-state index in [1.165, 1.54) is 0 Å². The first-order chi connectivity index (χ1) is 24.5. The zero-order valence-corrected chi connectivity index (χ0v) is 30.0. The number of aliphatic hydroxyl groups is 1. The van der Waals surface area contributed by atoms with Crippen LogP contribution in [0.5, 0.6) is 5.75 Å². The van der Waals surface area contributed by atoms with E-state index >= 15 is 4.11 Å². The Bertz CT molecular complexity index is 2180. The highest BCUT2D eigenvalue weighted by Crippen LogP contribution is 2.61. The number of fused-ring (bicyclic) bond motifs is 2. The van der Waals surface area contributed by atoms with Gasteiger partial charge < -0.3 is 23.6 Å². The molecule has 12 heteroatoms. The summed E-state index contributed by atoms with van der Waals surface area (Å²) in [7, 11) is -1.80. The summed E-state index contributed by atoms with van der Waals surface area (Å²) in [6.45, 7) is 5.94. The van der Waals surface area contributed by atoms with E-state index in [9.17, 15) is 14.7 Å². The van der Waals surface area contributed by atoms with Gasteiger partial charge >= 0.3 is 0 Å². The maximum absolute atomic E-state index is 16.4. The zero-order chi connectivity index (χ0) is 35.7. The summed E-state index contributed by atoms with van der Waals surface area (Å²) in [6, 6.07) is 25.0. The first-order valence-corrected chi connectivity index (χ1v) is 20.3. The molecule has 0 radical (unpaired) electrons. The van der Waals surface area contributed by atoms with E-state index in [2.05, 4.69) is 10.3 Å². The van der Waals surface area contributed by atoms with Gasteiger partial charge in [0.1, 0.15) is 5.75 Å². The summed E-state index contributed by atoms with van der Waals surface area (Å²) in [6.07, 6.45) is 2.07. The molecule has 0 unspecified atom stereocenters. The number of hydrogen-bond acceptors (Lipinski definition) is 7. The number of anilines is 3. The number of amides is 2. The number of nitrogens with zero attached hydrogens (tertiary/aromatic N) is 5. The maximum atomic E-state index is 16.4. The molecule has 1 saturated heterocycles. The predicted molar refractivity (Wildman–Crippen MR) is 195 cm³/mol. The number of halogens is 1. The van der Waals surface area contributed by atoms with Gasteiger partial charge in [0.15, 0.2) is 5.60 Å². The molecule has 0 aliphatic carbocycles. The SMILES string of the molecule is COc1ccc2c(c1)[C@@]1(O[C@H](CCn3cc(CCO)nn3)[C@@H]([Si](C)(C)F)[C@@H]1C)C(=O)N2Cc1cccc(N2C(=O)c3cccc4cccc2c34)c1. The lowest BCUT2D eigenvalue weighted by atomic mass is 9.82. The third kappa shape index (κ3) is 5.27. The molecule has 10 nitrogen and oxygen atoms in total. The van der Waals surface area contributed by atoms with Gasteiger partial charge in [0.25, 0.3) is 11.8 Å². The monoisotopic (exact) mass is 705 g/mol. The number of aryl methyl sites for hydroxylation is 1. The summed E-state index contributed by atoms with van der Waals surface area (Å²) in [4.78, 5) is 32.2. The molecule has 1 fully saturated rings. The van der Waals surface area contributed by atoms with Crippen LogP contribution >= 0.6 is 0 Å². The minimum atomic E-state index is -3.38. The molecule has 4 aromatic carbocycles. The van der Waals surface area contributed by atoms with E-state index < -0.39 is 31.6 Å². The van der Waals surface area contributed by atoms with Crippen LogP contribution in [0.4, 0.5) is 21.2 Å². The number of ether oxygens (including phenoxy) is 2. The van der Waals surface area contributed by atoms with Crippen LogP contribution < -0.4 is 14.5 Å². The number of carbonyl (C=O) groups is 2. The minimum Gasteiger partial charge on any atom is -0.497 e. The quantitative estimate of drug-likeness (QED) is 0.128. The summed E-state index contributed by atoms with van der Waals surface area (Å²) in [5, 5.41) is 19.5. The third-order valence-electron chi connectivity index (χ3n) is 10.8. The van der Waals surface area contributed by atoms with Gasteiger partial charge in [0.2, 0.25) is 8.41 Å². The number of benzene rings is 4. The van der Waals surface area contributed by atoms with Gasteiger partial charge in [0, 0.05) is 53.9 Å². The van der Waals surface area contributed by atoms with E-state index in [0.717, 1.165) is 22.0 Å². The van der Waals surface area contributed by atoms with Gasteiger partial charge in [-0.15, -0.1) is 5.10 Å². The average Bonchev–Trinajstić information content (AvgIpc) is 3.83. The Morgan fingerprint density at radius 1 is 1.02 bits per heavy atom. The first-order valence-electron chi connectivity index (χ1n) is 17.4. The van der Waals surface area contributed by atoms with E-state index in [-0.39, 0.29) is 25.0 Å². The Labute approximate surface area is 296 Å². The Morgan fingerprint density at radius 2 is 1.80 bits per heavy atom. The lowest BCUT2D eigenvalue weighted by Crippen LogP contribution is -2.45.